The van der Waals surface area contributed by atoms with E-state index < -0.39 is 10.0 Å². The van der Waals surface area contributed by atoms with Crippen LogP contribution in [0.15, 0.2) is 4.99 Å². The lowest BCUT2D eigenvalue weighted by molar-refractivity contribution is 0.206. The van der Waals surface area contributed by atoms with Gasteiger partial charge in [0.1, 0.15) is 0 Å². The summed E-state index contributed by atoms with van der Waals surface area (Å²) in [4.78, 5) is 6.97. The highest BCUT2D eigenvalue weighted by atomic mass is 32.2. The van der Waals surface area contributed by atoms with Crippen LogP contribution in [-0.2, 0) is 10.0 Å². The molecule has 2 rings (SSSR count). The first-order chi connectivity index (χ1) is 12.5. The van der Waals surface area contributed by atoms with E-state index >= 15 is 0 Å². The fraction of sp³-hybridized carbons (Fsp3) is 0.944. The number of piperidine rings is 1. The zero-order valence-corrected chi connectivity index (χ0v) is 17.3. The van der Waals surface area contributed by atoms with Gasteiger partial charge in [0, 0.05) is 32.2 Å². The molecule has 1 saturated heterocycles. The van der Waals surface area contributed by atoms with Crippen molar-refractivity contribution in [3.63, 3.8) is 0 Å². The number of guanidine groups is 1. The summed E-state index contributed by atoms with van der Waals surface area (Å²) in [6, 6.07) is 0.411. The lowest BCUT2D eigenvalue weighted by Gasteiger charge is -2.32. The van der Waals surface area contributed by atoms with E-state index in [1.165, 1.54) is 19.4 Å². The van der Waals surface area contributed by atoms with Gasteiger partial charge in [-0.05, 0) is 51.5 Å². The quantitative estimate of drug-likeness (QED) is 0.387. The highest BCUT2D eigenvalue weighted by Crippen LogP contribution is 2.25. The third-order valence-electron chi connectivity index (χ3n) is 5.26. The van der Waals surface area contributed by atoms with E-state index in [1.54, 1.807) is 0 Å². The number of likely N-dealkylation sites (tertiary alicyclic amines) is 1. The predicted octanol–water partition coefficient (Wildman–Crippen LogP) is 1.14. The predicted molar refractivity (Wildman–Crippen MR) is 108 cm³/mol. The second kappa shape index (κ2) is 11.1. The van der Waals surface area contributed by atoms with Gasteiger partial charge in [-0.25, -0.2) is 13.1 Å². The molecule has 0 atom stereocenters. The average Bonchev–Trinajstić information content (AvgIpc) is 2.55. The van der Waals surface area contributed by atoms with Gasteiger partial charge in [-0.2, -0.15) is 0 Å². The summed E-state index contributed by atoms with van der Waals surface area (Å²) in [6.45, 7) is 9.28. The molecule has 1 aliphatic heterocycles. The lowest BCUT2D eigenvalue weighted by atomic mass is 9.86. The summed E-state index contributed by atoms with van der Waals surface area (Å²) in [7, 11) is -3.23. The standard InChI is InChI=1S/C18H37N5O2S/c1-3-11-23-12-8-17(9-13-23)22-18(19-4-2)20-10-14-26(24,25)21-15-16-6-5-7-16/h16-17,21H,3-15H2,1-2H3,(H2,19,20,22). The third kappa shape index (κ3) is 7.80. The monoisotopic (exact) mass is 387 g/mol. The average molecular weight is 388 g/mol. The van der Waals surface area contributed by atoms with Crippen LogP contribution in [0.2, 0.25) is 0 Å². The fourth-order valence-electron chi connectivity index (χ4n) is 3.42. The van der Waals surface area contributed by atoms with E-state index in [2.05, 4.69) is 32.2 Å². The summed E-state index contributed by atoms with van der Waals surface area (Å²) in [5.41, 5.74) is 0. The van der Waals surface area contributed by atoms with Crippen LogP contribution in [0.4, 0.5) is 0 Å². The summed E-state index contributed by atoms with van der Waals surface area (Å²) >= 11 is 0. The maximum absolute atomic E-state index is 12.1. The number of sulfonamides is 1. The molecule has 2 fully saturated rings. The van der Waals surface area contributed by atoms with Crippen molar-refractivity contribution >= 4 is 16.0 Å². The second-order valence-corrected chi connectivity index (χ2v) is 9.41. The van der Waals surface area contributed by atoms with Gasteiger partial charge in [0.25, 0.3) is 0 Å². The van der Waals surface area contributed by atoms with E-state index in [-0.39, 0.29) is 12.3 Å². The first-order valence-electron chi connectivity index (χ1n) is 10.3. The number of hydrogen-bond donors (Lipinski definition) is 3. The summed E-state index contributed by atoms with van der Waals surface area (Å²) in [6.07, 6.45) is 6.92. The van der Waals surface area contributed by atoms with Gasteiger partial charge in [-0.15, -0.1) is 0 Å². The Kier molecular flexibility index (Phi) is 9.15. The fourth-order valence-corrected chi connectivity index (χ4v) is 4.39. The number of nitrogens with one attached hydrogen (secondary N) is 3. The van der Waals surface area contributed by atoms with Gasteiger partial charge in [-0.3, -0.25) is 4.99 Å². The Hall–Kier alpha value is -0.860. The van der Waals surface area contributed by atoms with Gasteiger partial charge in [-0.1, -0.05) is 13.3 Å². The van der Waals surface area contributed by atoms with Crippen LogP contribution in [-0.4, -0.2) is 70.3 Å². The van der Waals surface area contributed by atoms with Crippen molar-refractivity contribution in [3.8, 4) is 0 Å². The molecule has 26 heavy (non-hydrogen) atoms. The highest BCUT2D eigenvalue weighted by Gasteiger charge is 2.21. The topological polar surface area (TPSA) is 85.8 Å². The molecule has 0 unspecified atom stereocenters. The largest absolute Gasteiger partial charge is 0.357 e. The number of aliphatic imine (C=N–C) groups is 1. The summed E-state index contributed by atoms with van der Waals surface area (Å²) in [5, 5.41) is 6.70. The Morgan fingerprint density at radius 3 is 2.46 bits per heavy atom. The molecule has 152 valence electrons. The molecule has 0 radical (unpaired) electrons. The van der Waals surface area contributed by atoms with Crippen LogP contribution in [0.1, 0.15) is 52.4 Å². The minimum Gasteiger partial charge on any atom is -0.357 e. The smallest absolute Gasteiger partial charge is 0.213 e. The van der Waals surface area contributed by atoms with Gasteiger partial charge in [0.2, 0.25) is 10.0 Å². The molecule has 7 nitrogen and oxygen atoms in total. The van der Waals surface area contributed by atoms with E-state index in [1.807, 2.05) is 6.92 Å². The van der Waals surface area contributed by atoms with E-state index in [0.29, 0.717) is 18.5 Å². The number of nitrogens with zero attached hydrogens (tertiary/aromatic N) is 2. The first kappa shape index (κ1) is 21.4. The van der Waals surface area contributed by atoms with Gasteiger partial charge in [0.05, 0.1) is 12.3 Å². The molecule has 2 aliphatic rings. The van der Waals surface area contributed by atoms with Crippen LogP contribution < -0.4 is 15.4 Å². The normalized spacial score (nSPS) is 20.8. The number of hydrogen-bond acceptors (Lipinski definition) is 4. The van der Waals surface area contributed by atoms with Crippen molar-refractivity contribution in [2.45, 2.75) is 58.4 Å². The van der Waals surface area contributed by atoms with Crippen LogP contribution >= 0.6 is 0 Å². The minimum absolute atomic E-state index is 0.0469. The van der Waals surface area contributed by atoms with Gasteiger partial charge < -0.3 is 15.5 Å². The summed E-state index contributed by atoms with van der Waals surface area (Å²) < 4.78 is 26.9. The zero-order chi connectivity index (χ0) is 18.8. The molecular formula is C18H37N5O2S. The molecule has 0 bridgehead atoms. The van der Waals surface area contributed by atoms with Gasteiger partial charge >= 0.3 is 0 Å². The van der Waals surface area contributed by atoms with Crippen molar-refractivity contribution in [3.05, 3.63) is 0 Å². The molecule has 0 amide bonds. The Labute approximate surface area is 159 Å². The molecular weight excluding hydrogens is 350 g/mol. The molecule has 0 aromatic heterocycles. The molecule has 1 saturated carbocycles. The Morgan fingerprint density at radius 2 is 1.88 bits per heavy atom. The van der Waals surface area contributed by atoms with Crippen LogP contribution in [0.5, 0.6) is 0 Å². The maximum atomic E-state index is 12.1. The zero-order valence-electron chi connectivity index (χ0n) is 16.5. The lowest BCUT2D eigenvalue weighted by Crippen LogP contribution is -2.49. The molecule has 8 heteroatoms. The molecule has 0 aromatic carbocycles. The summed E-state index contributed by atoms with van der Waals surface area (Å²) in [5.74, 6) is 1.31. The molecule has 0 spiro atoms. The van der Waals surface area contributed by atoms with Crippen LogP contribution in [0.3, 0.4) is 0 Å². The van der Waals surface area contributed by atoms with Gasteiger partial charge in [0.15, 0.2) is 5.96 Å². The Morgan fingerprint density at radius 1 is 1.15 bits per heavy atom. The van der Waals surface area contributed by atoms with Crippen molar-refractivity contribution in [2.75, 3.05) is 45.0 Å². The molecule has 1 aliphatic carbocycles. The van der Waals surface area contributed by atoms with Crippen LogP contribution in [0, 0.1) is 5.92 Å². The second-order valence-electron chi connectivity index (χ2n) is 7.49. The molecule has 1 heterocycles. The Bertz CT molecular complexity index is 526. The van der Waals surface area contributed by atoms with E-state index in [4.69, 9.17) is 0 Å². The third-order valence-corrected chi connectivity index (χ3v) is 6.59. The van der Waals surface area contributed by atoms with Crippen molar-refractivity contribution in [2.24, 2.45) is 10.9 Å². The first-order valence-corrected chi connectivity index (χ1v) is 11.9. The number of rotatable bonds is 10. The molecule has 0 aromatic rings. The molecule has 3 N–H and O–H groups in total. The highest BCUT2D eigenvalue weighted by molar-refractivity contribution is 7.89. The van der Waals surface area contributed by atoms with Crippen molar-refractivity contribution in [1.82, 2.24) is 20.3 Å². The van der Waals surface area contributed by atoms with E-state index in [9.17, 15) is 8.42 Å². The SMILES string of the molecule is CCCN1CCC(NC(=NCCS(=O)(=O)NCC2CCC2)NCC)CC1. The van der Waals surface area contributed by atoms with Crippen molar-refractivity contribution < 1.29 is 8.42 Å². The minimum atomic E-state index is -3.23. The Balaban J connectivity index is 1.73. The van der Waals surface area contributed by atoms with E-state index in [0.717, 1.165) is 51.3 Å². The van der Waals surface area contributed by atoms with Crippen LogP contribution in [0.25, 0.3) is 0 Å². The van der Waals surface area contributed by atoms with Crippen molar-refractivity contribution in [1.29, 1.82) is 0 Å². The maximum Gasteiger partial charge on any atom is 0.213 e.